The van der Waals surface area contributed by atoms with Crippen LogP contribution in [0.2, 0.25) is 0 Å². The van der Waals surface area contributed by atoms with Crippen LogP contribution in [-0.2, 0) is 6.42 Å². The van der Waals surface area contributed by atoms with E-state index in [-0.39, 0.29) is 0 Å². The second kappa shape index (κ2) is 9.44. The topological polar surface area (TPSA) is 85.8 Å². The average Bonchev–Trinajstić information content (AvgIpc) is 3.39. The van der Waals surface area contributed by atoms with Gasteiger partial charge >= 0.3 is 0 Å². The molecule has 0 radical (unpaired) electrons. The largest absolute Gasteiger partial charge is 0.496 e. The summed E-state index contributed by atoms with van der Waals surface area (Å²) in [7, 11) is 1.65. The molecule has 7 nitrogen and oxygen atoms in total. The second-order valence-electron chi connectivity index (χ2n) is 8.47. The number of imidazole rings is 1. The third-order valence-electron chi connectivity index (χ3n) is 6.22. The van der Waals surface area contributed by atoms with Crippen LogP contribution in [0.1, 0.15) is 5.56 Å². The average molecular weight is 484 g/mol. The van der Waals surface area contributed by atoms with E-state index in [1.165, 1.54) is 0 Å². The Morgan fingerprint density at radius 2 is 1.78 bits per heavy atom. The summed E-state index contributed by atoms with van der Waals surface area (Å²) in [6.07, 6.45) is 5.68. The number of hydrogen-bond acceptors (Lipinski definition) is 6. The van der Waals surface area contributed by atoms with E-state index in [0.717, 1.165) is 44.3 Å². The predicted octanol–water partition coefficient (Wildman–Crippen LogP) is 6.50. The quantitative estimate of drug-likeness (QED) is 0.269. The van der Waals surface area contributed by atoms with Crippen molar-refractivity contribution in [2.75, 3.05) is 7.11 Å². The molecule has 0 amide bonds. The van der Waals surface area contributed by atoms with Crippen molar-refractivity contribution in [3.8, 4) is 40.3 Å². The number of nitrogens with zero attached hydrogens (tertiary/aromatic N) is 5. The van der Waals surface area contributed by atoms with Gasteiger partial charge in [0.1, 0.15) is 23.3 Å². The van der Waals surface area contributed by atoms with E-state index in [0.29, 0.717) is 23.8 Å². The van der Waals surface area contributed by atoms with Crippen molar-refractivity contribution in [2.24, 2.45) is 0 Å². The first-order chi connectivity index (χ1) is 18.2. The van der Waals surface area contributed by atoms with Crippen LogP contribution in [0.3, 0.4) is 0 Å². The number of benzene rings is 3. The maximum atomic E-state index is 8.98. The Morgan fingerprint density at radius 1 is 0.892 bits per heavy atom. The lowest BCUT2D eigenvalue weighted by Gasteiger charge is -2.13. The Bertz CT molecular complexity index is 1770. The zero-order valence-electron chi connectivity index (χ0n) is 20.0. The van der Waals surface area contributed by atoms with Gasteiger partial charge in [-0.1, -0.05) is 24.3 Å². The minimum Gasteiger partial charge on any atom is -0.496 e. The van der Waals surface area contributed by atoms with E-state index in [1.807, 2.05) is 79.1 Å². The van der Waals surface area contributed by atoms with E-state index >= 15 is 0 Å². The summed E-state index contributed by atoms with van der Waals surface area (Å²) < 4.78 is 13.7. The number of aromatic nitrogens is 4. The van der Waals surface area contributed by atoms with Crippen LogP contribution in [0.25, 0.3) is 38.8 Å². The molecule has 0 aliphatic carbocycles. The van der Waals surface area contributed by atoms with Gasteiger partial charge in [-0.2, -0.15) is 5.26 Å². The van der Waals surface area contributed by atoms with E-state index in [2.05, 4.69) is 31.7 Å². The van der Waals surface area contributed by atoms with Gasteiger partial charge in [-0.05, 0) is 53.6 Å². The normalized spacial score (nSPS) is 10.9. The number of pyridine rings is 2. The van der Waals surface area contributed by atoms with Gasteiger partial charge in [0.2, 0.25) is 5.88 Å². The van der Waals surface area contributed by atoms with Gasteiger partial charge in [0.25, 0.3) is 0 Å². The highest BCUT2D eigenvalue weighted by Gasteiger charge is 2.14. The summed E-state index contributed by atoms with van der Waals surface area (Å²) in [6, 6.07) is 27.6. The predicted molar refractivity (Wildman–Crippen MR) is 142 cm³/mol. The summed E-state index contributed by atoms with van der Waals surface area (Å²) in [6.45, 7) is 0. The molecule has 3 aromatic carbocycles. The van der Waals surface area contributed by atoms with Crippen molar-refractivity contribution in [1.29, 1.82) is 5.26 Å². The molecule has 0 bridgehead atoms. The van der Waals surface area contributed by atoms with Crippen LogP contribution in [0, 0.1) is 11.3 Å². The minimum atomic E-state index is 0.384. The fourth-order valence-corrected chi connectivity index (χ4v) is 4.42. The summed E-state index contributed by atoms with van der Waals surface area (Å²) in [5.41, 5.74) is 6.50. The van der Waals surface area contributed by atoms with Gasteiger partial charge in [0.05, 0.1) is 36.8 Å². The summed E-state index contributed by atoms with van der Waals surface area (Å²) in [4.78, 5) is 13.4. The first-order valence-corrected chi connectivity index (χ1v) is 11.7. The second-order valence-corrected chi connectivity index (χ2v) is 8.47. The molecule has 0 aliphatic heterocycles. The van der Waals surface area contributed by atoms with Crippen LogP contribution in [0.4, 0.5) is 0 Å². The highest BCUT2D eigenvalue weighted by molar-refractivity contribution is 6.04. The lowest BCUT2D eigenvalue weighted by Crippen LogP contribution is -1.95. The minimum absolute atomic E-state index is 0.384. The van der Waals surface area contributed by atoms with E-state index in [4.69, 9.17) is 14.7 Å². The van der Waals surface area contributed by atoms with Crippen molar-refractivity contribution >= 4 is 21.9 Å². The Balaban J connectivity index is 1.44. The number of methoxy groups -OCH3 is 1. The van der Waals surface area contributed by atoms with Crippen molar-refractivity contribution in [3.63, 3.8) is 0 Å². The van der Waals surface area contributed by atoms with Crippen molar-refractivity contribution in [3.05, 3.63) is 103 Å². The monoisotopic (exact) mass is 483 g/mol. The first kappa shape index (κ1) is 22.3. The molecule has 3 aromatic heterocycles. The molecule has 37 heavy (non-hydrogen) atoms. The molecule has 0 unspecified atom stereocenters. The Morgan fingerprint density at radius 3 is 2.57 bits per heavy atom. The van der Waals surface area contributed by atoms with Crippen LogP contribution in [0.5, 0.6) is 17.4 Å². The van der Waals surface area contributed by atoms with Crippen molar-refractivity contribution in [1.82, 2.24) is 19.5 Å². The standard InChI is InChI=1S/C30H21N5O2/c1-36-28-17-23(37-29-4-2-3-15-32-29)10-11-24(28)21-7-12-26-25(16-21)30-27(18-33-26)34-19-35(30)22-8-5-20(6-9-22)13-14-31/h2-12,15-19H,13H2,1H3. The molecule has 0 atom stereocenters. The SMILES string of the molecule is COc1cc(Oc2ccccn2)ccc1-c1ccc2ncc3ncn(-c4ccc(CC#N)cc4)c3c2c1. The lowest BCUT2D eigenvalue weighted by molar-refractivity contribution is 0.409. The van der Waals surface area contributed by atoms with Gasteiger partial charge in [-0.3, -0.25) is 9.55 Å². The van der Waals surface area contributed by atoms with Gasteiger partial charge in [0, 0.05) is 35.0 Å². The smallest absolute Gasteiger partial charge is 0.219 e. The third kappa shape index (κ3) is 4.21. The van der Waals surface area contributed by atoms with Crippen molar-refractivity contribution in [2.45, 2.75) is 6.42 Å². The number of fused-ring (bicyclic) bond motifs is 3. The van der Waals surface area contributed by atoms with Crippen LogP contribution in [-0.4, -0.2) is 26.6 Å². The molecule has 0 saturated heterocycles. The fraction of sp³-hybridized carbons (Fsp3) is 0.0667. The highest BCUT2D eigenvalue weighted by Crippen LogP contribution is 2.37. The van der Waals surface area contributed by atoms with Gasteiger partial charge in [-0.15, -0.1) is 0 Å². The Labute approximate surface area is 213 Å². The zero-order valence-corrected chi connectivity index (χ0v) is 20.0. The Hall–Kier alpha value is -5.22. The lowest BCUT2D eigenvalue weighted by atomic mass is 10.0. The maximum Gasteiger partial charge on any atom is 0.219 e. The van der Waals surface area contributed by atoms with Gasteiger partial charge in [-0.25, -0.2) is 9.97 Å². The number of ether oxygens (including phenoxy) is 2. The van der Waals surface area contributed by atoms with E-state index < -0.39 is 0 Å². The summed E-state index contributed by atoms with van der Waals surface area (Å²) in [5, 5.41) is 9.96. The number of hydrogen-bond donors (Lipinski definition) is 0. The van der Waals surface area contributed by atoms with Crippen LogP contribution < -0.4 is 9.47 Å². The third-order valence-corrected chi connectivity index (χ3v) is 6.22. The maximum absolute atomic E-state index is 8.98. The van der Waals surface area contributed by atoms with Gasteiger partial charge < -0.3 is 9.47 Å². The Kier molecular flexibility index (Phi) is 5.68. The van der Waals surface area contributed by atoms with Crippen molar-refractivity contribution < 1.29 is 9.47 Å². The molecular weight excluding hydrogens is 462 g/mol. The molecule has 178 valence electrons. The molecule has 0 spiro atoms. The number of rotatable bonds is 6. The molecule has 0 N–H and O–H groups in total. The van der Waals surface area contributed by atoms with Crippen LogP contribution in [0.15, 0.2) is 97.6 Å². The first-order valence-electron chi connectivity index (χ1n) is 11.7. The zero-order chi connectivity index (χ0) is 25.2. The summed E-state index contributed by atoms with van der Waals surface area (Å²) >= 11 is 0. The summed E-state index contributed by atoms with van der Waals surface area (Å²) in [5.74, 6) is 1.85. The van der Waals surface area contributed by atoms with E-state index in [1.54, 1.807) is 19.5 Å². The van der Waals surface area contributed by atoms with E-state index in [9.17, 15) is 0 Å². The van der Waals surface area contributed by atoms with Crippen LogP contribution >= 0.6 is 0 Å². The fourth-order valence-electron chi connectivity index (χ4n) is 4.42. The molecule has 3 heterocycles. The number of nitriles is 1. The molecular formula is C30H21N5O2. The molecule has 0 saturated carbocycles. The highest BCUT2D eigenvalue weighted by atomic mass is 16.5. The molecule has 6 rings (SSSR count). The van der Waals surface area contributed by atoms with Gasteiger partial charge in [0.15, 0.2) is 0 Å². The molecule has 6 aromatic rings. The molecule has 0 aliphatic rings. The molecule has 7 heteroatoms. The molecule has 0 fully saturated rings.